The van der Waals surface area contributed by atoms with Gasteiger partial charge < -0.3 is 19.9 Å². The molecular formula is C32H42N4O5. The third kappa shape index (κ3) is 11.6. The summed E-state index contributed by atoms with van der Waals surface area (Å²) in [5, 5.41) is 15.8. The Hall–Kier alpha value is -3.95. The van der Waals surface area contributed by atoms with Gasteiger partial charge in [-0.15, -0.1) is 0 Å². The van der Waals surface area contributed by atoms with E-state index in [0.29, 0.717) is 6.42 Å². The number of carbonyl (C=O) groups excluding carboxylic acids is 2. The van der Waals surface area contributed by atoms with Crippen LogP contribution in [0.3, 0.4) is 0 Å². The van der Waals surface area contributed by atoms with E-state index >= 15 is 0 Å². The van der Waals surface area contributed by atoms with Crippen molar-refractivity contribution in [1.82, 2.24) is 20.7 Å². The van der Waals surface area contributed by atoms with Crippen molar-refractivity contribution in [3.8, 4) is 11.3 Å². The van der Waals surface area contributed by atoms with Crippen LogP contribution in [0.4, 0.5) is 9.59 Å². The number of nitrogens with zero attached hydrogens (tertiary/aromatic N) is 2. The minimum atomic E-state index is -1.06. The molecule has 220 valence electrons. The summed E-state index contributed by atoms with van der Waals surface area (Å²) in [6.45, 7) is 11.0. The average Bonchev–Trinajstić information content (AvgIpc) is 2.87. The summed E-state index contributed by atoms with van der Waals surface area (Å²) in [5.74, 6) is 0. The maximum absolute atomic E-state index is 12.7. The molecule has 0 radical (unpaired) electrons. The van der Waals surface area contributed by atoms with E-state index in [0.717, 1.165) is 22.4 Å². The molecule has 3 aromatic rings. The highest BCUT2D eigenvalue weighted by atomic mass is 16.6. The first-order valence-electron chi connectivity index (χ1n) is 13.7. The molecule has 1 aromatic heterocycles. The van der Waals surface area contributed by atoms with Crippen LogP contribution in [-0.4, -0.2) is 57.2 Å². The van der Waals surface area contributed by atoms with E-state index in [-0.39, 0.29) is 13.1 Å². The van der Waals surface area contributed by atoms with Crippen LogP contribution in [0, 0.1) is 0 Å². The lowest BCUT2D eigenvalue weighted by atomic mass is 10.0. The van der Waals surface area contributed by atoms with E-state index in [1.54, 1.807) is 52.7 Å². The third-order valence-corrected chi connectivity index (χ3v) is 5.81. The molecule has 0 bridgehead atoms. The molecule has 2 amide bonds. The smallest absolute Gasteiger partial charge is 0.422 e. The second-order valence-corrected chi connectivity index (χ2v) is 11.9. The lowest BCUT2D eigenvalue weighted by Gasteiger charge is -2.31. The highest BCUT2D eigenvalue weighted by Crippen LogP contribution is 2.18. The predicted molar refractivity (Wildman–Crippen MR) is 159 cm³/mol. The largest absolute Gasteiger partial charge is 0.444 e. The average molecular weight is 563 g/mol. The van der Waals surface area contributed by atoms with Crippen molar-refractivity contribution in [2.75, 3.05) is 6.54 Å². The standard InChI is InChI=1S/C32H42N4O5/c1-31(2,3)40-29(38)34-27(20-23-12-8-7-9-13-23)28(37)22-36(35-30(39)41-32(4,5)6)21-24-15-17-25(18-16-24)26-14-10-11-19-33-26/h7-19,27-28,37H,20-22H2,1-6H3,(H,34,38)(H,35,39)/t27-,28-/m1/s1. The van der Waals surface area contributed by atoms with Gasteiger partial charge in [0.15, 0.2) is 0 Å². The number of rotatable bonds is 10. The third-order valence-electron chi connectivity index (χ3n) is 5.81. The van der Waals surface area contributed by atoms with Crippen LogP contribution in [-0.2, 0) is 22.4 Å². The summed E-state index contributed by atoms with van der Waals surface area (Å²) in [5.41, 5.74) is 5.02. The molecule has 0 spiro atoms. The molecule has 0 saturated carbocycles. The number of hydrazine groups is 1. The van der Waals surface area contributed by atoms with Gasteiger partial charge in [0, 0.05) is 24.8 Å². The number of carbonyl (C=O) groups is 2. The van der Waals surface area contributed by atoms with Gasteiger partial charge in [-0.3, -0.25) is 10.4 Å². The van der Waals surface area contributed by atoms with Crippen LogP contribution in [0.1, 0.15) is 52.7 Å². The van der Waals surface area contributed by atoms with Gasteiger partial charge >= 0.3 is 12.2 Å². The summed E-state index contributed by atoms with van der Waals surface area (Å²) in [6.07, 6.45) is -0.233. The van der Waals surface area contributed by atoms with Gasteiger partial charge in [0.25, 0.3) is 0 Å². The Morgan fingerprint density at radius 3 is 2.02 bits per heavy atom. The number of ether oxygens (including phenoxy) is 2. The highest BCUT2D eigenvalue weighted by Gasteiger charge is 2.28. The van der Waals surface area contributed by atoms with E-state index < -0.39 is 35.5 Å². The molecule has 0 unspecified atom stereocenters. The monoisotopic (exact) mass is 562 g/mol. The number of aliphatic hydroxyl groups excluding tert-OH is 1. The lowest BCUT2D eigenvalue weighted by molar-refractivity contribution is 0.0106. The molecular weight excluding hydrogens is 520 g/mol. The first-order chi connectivity index (χ1) is 19.3. The number of pyridine rings is 1. The maximum atomic E-state index is 12.7. The molecule has 0 aliphatic heterocycles. The highest BCUT2D eigenvalue weighted by molar-refractivity contribution is 5.68. The molecule has 0 aliphatic carbocycles. The van der Waals surface area contributed by atoms with Crippen LogP contribution in [0.2, 0.25) is 0 Å². The van der Waals surface area contributed by atoms with E-state index in [1.165, 1.54) is 0 Å². The first-order valence-corrected chi connectivity index (χ1v) is 13.7. The molecule has 1 heterocycles. The van der Waals surface area contributed by atoms with Crippen LogP contribution in [0.5, 0.6) is 0 Å². The first kappa shape index (κ1) is 31.6. The van der Waals surface area contributed by atoms with Crippen molar-refractivity contribution in [2.45, 2.75) is 77.9 Å². The van der Waals surface area contributed by atoms with Crippen LogP contribution < -0.4 is 10.7 Å². The Morgan fingerprint density at radius 2 is 1.44 bits per heavy atom. The van der Waals surface area contributed by atoms with Crippen molar-refractivity contribution in [3.63, 3.8) is 0 Å². The molecule has 3 N–H and O–H groups in total. The zero-order chi connectivity index (χ0) is 30.0. The fourth-order valence-corrected chi connectivity index (χ4v) is 4.08. The van der Waals surface area contributed by atoms with E-state index in [4.69, 9.17) is 9.47 Å². The number of benzene rings is 2. The van der Waals surface area contributed by atoms with Gasteiger partial charge in [-0.25, -0.2) is 14.6 Å². The lowest BCUT2D eigenvalue weighted by Crippen LogP contribution is -2.54. The fourth-order valence-electron chi connectivity index (χ4n) is 4.08. The van der Waals surface area contributed by atoms with Gasteiger partial charge in [-0.05, 0) is 71.2 Å². The Morgan fingerprint density at radius 1 is 0.829 bits per heavy atom. The van der Waals surface area contributed by atoms with Crippen LogP contribution in [0.25, 0.3) is 11.3 Å². The molecule has 2 aromatic carbocycles. The minimum Gasteiger partial charge on any atom is -0.444 e. The van der Waals surface area contributed by atoms with Crippen molar-refractivity contribution >= 4 is 12.2 Å². The van der Waals surface area contributed by atoms with Crippen molar-refractivity contribution < 1.29 is 24.2 Å². The van der Waals surface area contributed by atoms with E-state index in [1.807, 2.05) is 72.8 Å². The van der Waals surface area contributed by atoms with Crippen molar-refractivity contribution in [2.24, 2.45) is 0 Å². The Bertz CT molecular complexity index is 1240. The zero-order valence-electron chi connectivity index (χ0n) is 24.8. The maximum Gasteiger partial charge on any atom is 0.422 e. The second-order valence-electron chi connectivity index (χ2n) is 11.9. The Kier molecular flexibility index (Phi) is 10.9. The molecule has 3 rings (SSSR count). The fraction of sp³-hybridized carbons (Fsp3) is 0.406. The number of aliphatic hydroxyl groups is 1. The van der Waals surface area contributed by atoms with Crippen molar-refractivity contribution in [3.05, 3.63) is 90.1 Å². The molecule has 0 fully saturated rings. The number of amides is 2. The summed E-state index contributed by atoms with van der Waals surface area (Å²) in [4.78, 5) is 29.8. The van der Waals surface area contributed by atoms with Crippen molar-refractivity contribution in [1.29, 1.82) is 0 Å². The normalized spacial score (nSPS) is 13.3. The van der Waals surface area contributed by atoms with Gasteiger partial charge in [-0.1, -0.05) is 60.7 Å². The van der Waals surface area contributed by atoms with E-state index in [9.17, 15) is 14.7 Å². The summed E-state index contributed by atoms with van der Waals surface area (Å²) in [7, 11) is 0. The molecule has 2 atom stereocenters. The second kappa shape index (κ2) is 14.1. The predicted octanol–water partition coefficient (Wildman–Crippen LogP) is 5.49. The molecule has 0 saturated heterocycles. The molecule has 9 heteroatoms. The van der Waals surface area contributed by atoms with Crippen LogP contribution in [0.15, 0.2) is 79.0 Å². The van der Waals surface area contributed by atoms with Gasteiger partial charge in [0.05, 0.1) is 17.8 Å². The zero-order valence-corrected chi connectivity index (χ0v) is 24.8. The Balaban J connectivity index is 1.80. The minimum absolute atomic E-state index is 0.00847. The van der Waals surface area contributed by atoms with Crippen LogP contribution >= 0.6 is 0 Å². The topological polar surface area (TPSA) is 113 Å². The Labute approximate surface area is 242 Å². The summed E-state index contributed by atoms with van der Waals surface area (Å²) in [6, 6.07) is 22.4. The number of hydrogen-bond acceptors (Lipinski definition) is 7. The van der Waals surface area contributed by atoms with Gasteiger partial charge in [0.2, 0.25) is 0 Å². The summed E-state index contributed by atoms with van der Waals surface area (Å²) >= 11 is 0. The number of nitrogens with one attached hydrogen (secondary N) is 2. The van der Waals surface area contributed by atoms with Gasteiger partial charge in [-0.2, -0.15) is 0 Å². The molecule has 9 nitrogen and oxygen atoms in total. The number of hydrogen-bond donors (Lipinski definition) is 3. The SMILES string of the molecule is CC(C)(C)OC(=O)N[C@H](Cc1ccccc1)[C@H](O)CN(Cc1ccc(-c2ccccn2)cc1)NC(=O)OC(C)(C)C. The quantitative estimate of drug-likeness (QED) is 0.280. The molecule has 0 aliphatic rings. The molecule has 41 heavy (non-hydrogen) atoms. The van der Waals surface area contributed by atoms with Gasteiger partial charge in [0.1, 0.15) is 11.2 Å². The number of alkyl carbamates (subject to hydrolysis) is 1. The van der Waals surface area contributed by atoms with E-state index in [2.05, 4.69) is 15.7 Å². The summed E-state index contributed by atoms with van der Waals surface area (Å²) < 4.78 is 10.9. The number of aromatic nitrogens is 1.